The molecule has 0 radical (unpaired) electrons. The van der Waals surface area contributed by atoms with E-state index in [0.717, 1.165) is 16.3 Å². The van der Waals surface area contributed by atoms with E-state index in [1.165, 1.54) is 6.20 Å². The minimum absolute atomic E-state index is 0.168. The van der Waals surface area contributed by atoms with E-state index in [2.05, 4.69) is 36.8 Å². The van der Waals surface area contributed by atoms with Gasteiger partial charge in [0.05, 0.1) is 4.47 Å². The number of carbonyl (C=O) groups excluding carboxylic acids is 1. The Morgan fingerprint density at radius 1 is 1.38 bits per heavy atom. The SMILES string of the molecule is O=C(CCCCBr)n1cc(Br)c(=O)[nH]c1=O. The Labute approximate surface area is 108 Å². The van der Waals surface area contributed by atoms with E-state index in [4.69, 9.17) is 0 Å². The van der Waals surface area contributed by atoms with E-state index in [-0.39, 0.29) is 16.8 Å². The van der Waals surface area contributed by atoms with Crippen molar-refractivity contribution in [1.82, 2.24) is 9.55 Å². The van der Waals surface area contributed by atoms with Gasteiger partial charge in [0.2, 0.25) is 5.91 Å². The van der Waals surface area contributed by atoms with Crippen LogP contribution in [0.25, 0.3) is 0 Å². The van der Waals surface area contributed by atoms with Gasteiger partial charge in [-0.05, 0) is 28.8 Å². The van der Waals surface area contributed by atoms with Gasteiger partial charge < -0.3 is 0 Å². The van der Waals surface area contributed by atoms with Crippen LogP contribution in [0.1, 0.15) is 24.1 Å². The van der Waals surface area contributed by atoms with Crippen molar-refractivity contribution in [2.24, 2.45) is 0 Å². The molecule has 0 bridgehead atoms. The highest BCUT2D eigenvalue weighted by molar-refractivity contribution is 9.10. The summed E-state index contributed by atoms with van der Waals surface area (Å²) in [6.07, 6.45) is 3.06. The van der Waals surface area contributed by atoms with Gasteiger partial charge in [0.15, 0.2) is 0 Å². The van der Waals surface area contributed by atoms with E-state index >= 15 is 0 Å². The molecule has 5 nitrogen and oxygen atoms in total. The van der Waals surface area contributed by atoms with Crippen LogP contribution in [0.2, 0.25) is 0 Å². The van der Waals surface area contributed by atoms with Gasteiger partial charge in [-0.15, -0.1) is 0 Å². The smallest absolute Gasteiger partial charge is 0.274 e. The fraction of sp³-hybridized carbons (Fsp3) is 0.444. The molecule has 0 aliphatic rings. The second-order valence-corrected chi connectivity index (χ2v) is 4.79. The summed E-state index contributed by atoms with van der Waals surface area (Å²) in [5, 5.41) is 0.824. The first-order chi connectivity index (χ1) is 7.56. The highest BCUT2D eigenvalue weighted by Gasteiger charge is 2.09. The Hall–Kier alpha value is -0.690. The van der Waals surface area contributed by atoms with Crippen LogP contribution >= 0.6 is 31.9 Å². The number of aromatic nitrogens is 2. The third-order valence-electron chi connectivity index (χ3n) is 1.94. The molecule has 0 aliphatic carbocycles. The summed E-state index contributed by atoms with van der Waals surface area (Å²) in [5.41, 5.74) is -1.23. The minimum atomic E-state index is -0.697. The summed E-state index contributed by atoms with van der Waals surface area (Å²) >= 11 is 6.22. The molecule has 1 N–H and O–H groups in total. The molecule has 0 aliphatic heterocycles. The summed E-state index contributed by atoms with van der Waals surface area (Å²) in [5.74, 6) is -0.317. The largest absolute Gasteiger partial charge is 0.335 e. The predicted molar refractivity (Wildman–Crippen MR) is 67.3 cm³/mol. The van der Waals surface area contributed by atoms with E-state index in [1.807, 2.05) is 0 Å². The standard InChI is InChI=1S/C9H10Br2N2O3/c10-4-2-1-3-7(14)13-5-6(11)8(15)12-9(13)16/h5H,1-4H2,(H,12,15,16). The number of nitrogens with zero attached hydrogens (tertiary/aromatic N) is 1. The summed E-state index contributed by atoms with van der Waals surface area (Å²) in [4.78, 5) is 36.0. The van der Waals surface area contributed by atoms with Crippen molar-refractivity contribution in [3.8, 4) is 0 Å². The highest BCUT2D eigenvalue weighted by Crippen LogP contribution is 2.02. The first-order valence-corrected chi connectivity index (χ1v) is 6.58. The van der Waals surface area contributed by atoms with Crippen LogP contribution in [0.15, 0.2) is 20.3 Å². The van der Waals surface area contributed by atoms with E-state index < -0.39 is 11.2 Å². The Morgan fingerprint density at radius 3 is 2.69 bits per heavy atom. The van der Waals surface area contributed by atoms with Crippen LogP contribution in [0.4, 0.5) is 0 Å². The summed E-state index contributed by atoms with van der Waals surface area (Å²) < 4.78 is 1.08. The van der Waals surface area contributed by atoms with Crippen LogP contribution < -0.4 is 11.2 Å². The third-order valence-corrected chi connectivity index (χ3v) is 3.07. The molecule has 0 amide bonds. The Kier molecular flexibility index (Phi) is 5.14. The quantitative estimate of drug-likeness (QED) is 0.658. The molecule has 0 unspecified atom stereocenters. The van der Waals surface area contributed by atoms with Gasteiger partial charge in [-0.3, -0.25) is 14.6 Å². The molecular weight excluding hydrogens is 344 g/mol. The molecule has 88 valence electrons. The maximum atomic E-state index is 11.6. The fourth-order valence-electron chi connectivity index (χ4n) is 1.12. The van der Waals surface area contributed by atoms with Crippen LogP contribution in [-0.2, 0) is 0 Å². The molecule has 16 heavy (non-hydrogen) atoms. The molecule has 0 aromatic carbocycles. The van der Waals surface area contributed by atoms with Crippen molar-refractivity contribution in [3.05, 3.63) is 31.5 Å². The monoisotopic (exact) mass is 352 g/mol. The second kappa shape index (κ2) is 6.15. The molecule has 7 heteroatoms. The topological polar surface area (TPSA) is 71.9 Å². The normalized spacial score (nSPS) is 10.4. The number of alkyl halides is 1. The molecule has 0 atom stereocenters. The lowest BCUT2D eigenvalue weighted by atomic mass is 10.2. The molecule has 1 rings (SSSR count). The average molecular weight is 354 g/mol. The fourth-order valence-corrected chi connectivity index (χ4v) is 1.82. The van der Waals surface area contributed by atoms with Crippen LogP contribution in [0, 0.1) is 0 Å². The van der Waals surface area contributed by atoms with Crippen LogP contribution in [0.3, 0.4) is 0 Å². The second-order valence-electron chi connectivity index (χ2n) is 3.15. The zero-order valence-corrected chi connectivity index (χ0v) is 11.5. The molecule has 1 aromatic rings. The van der Waals surface area contributed by atoms with Gasteiger partial charge in [-0.2, -0.15) is 0 Å². The van der Waals surface area contributed by atoms with Gasteiger partial charge in [0, 0.05) is 17.9 Å². The molecule has 0 fully saturated rings. The predicted octanol–water partition coefficient (Wildman–Crippen LogP) is 1.50. The molecule has 0 spiro atoms. The number of carbonyl (C=O) groups is 1. The number of unbranched alkanes of at least 4 members (excludes halogenated alkanes) is 1. The third kappa shape index (κ3) is 3.41. The highest BCUT2D eigenvalue weighted by atomic mass is 79.9. The summed E-state index contributed by atoms with van der Waals surface area (Å²) in [6.45, 7) is 0. The zero-order valence-electron chi connectivity index (χ0n) is 8.33. The number of nitrogens with one attached hydrogen (secondary N) is 1. The van der Waals surface area contributed by atoms with Gasteiger partial charge in [-0.25, -0.2) is 9.36 Å². The Balaban J connectivity index is 2.88. The van der Waals surface area contributed by atoms with Crippen molar-refractivity contribution >= 4 is 37.8 Å². The van der Waals surface area contributed by atoms with Crippen LogP contribution in [-0.4, -0.2) is 20.8 Å². The number of hydrogen-bond acceptors (Lipinski definition) is 3. The zero-order chi connectivity index (χ0) is 12.1. The first kappa shape index (κ1) is 13.4. The van der Waals surface area contributed by atoms with Crippen molar-refractivity contribution in [2.45, 2.75) is 19.3 Å². The van der Waals surface area contributed by atoms with Gasteiger partial charge in [-0.1, -0.05) is 15.9 Å². The number of halogens is 2. The minimum Gasteiger partial charge on any atom is -0.274 e. The van der Waals surface area contributed by atoms with E-state index in [9.17, 15) is 14.4 Å². The molecule has 1 aromatic heterocycles. The van der Waals surface area contributed by atoms with Crippen molar-refractivity contribution in [1.29, 1.82) is 0 Å². The summed E-state index contributed by atoms with van der Waals surface area (Å²) in [7, 11) is 0. The lowest BCUT2D eigenvalue weighted by Crippen LogP contribution is -2.33. The van der Waals surface area contributed by atoms with E-state index in [0.29, 0.717) is 6.42 Å². The van der Waals surface area contributed by atoms with E-state index in [1.54, 1.807) is 0 Å². The average Bonchev–Trinajstić information content (AvgIpc) is 2.23. The van der Waals surface area contributed by atoms with Crippen LogP contribution in [0.5, 0.6) is 0 Å². The lowest BCUT2D eigenvalue weighted by molar-refractivity contribution is 0.0893. The number of rotatable bonds is 4. The number of H-pyrrole nitrogens is 1. The van der Waals surface area contributed by atoms with Crippen molar-refractivity contribution in [3.63, 3.8) is 0 Å². The Bertz CT molecular complexity index is 492. The molecule has 0 saturated heterocycles. The van der Waals surface area contributed by atoms with Crippen molar-refractivity contribution in [2.75, 3.05) is 5.33 Å². The molecular formula is C9H10Br2N2O3. The lowest BCUT2D eigenvalue weighted by Gasteiger charge is -2.03. The van der Waals surface area contributed by atoms with Gasteiger partial charge in [0.1, 0.15) is 0 Å². The molecule has 1 heterocycles. The maximum absolute atomic E-state index is 11.6. The van der Waals surface area contributed by atoms with Gasteiger partial charge in [0.25, 0.3) is 5.56 Å². The molecule has 0 saturated carbocycles. The number of hydrogen-bond donors (Lipinski definition) is 1. The maximum Gasteiger partial charge on any atom is 0.335 e. The Morgan fingerprint density at radius 2 is 2.06 bits per heavy atom. The van der Waals surface area contributed by atoms with Crippen molar-refractivity contribution < 1.29 is 4.79 Å². The first-order valence-electron chi connectivity index (χ1n) is 4.67. The van der Waals surface area contributed by atoms with Gasteiger partial charge >= 0.3 is 5.69 Å². The number of aromatic amines is 1. The summed E-state index contributed by atoms with van der Waals surface area (Å²) in [6, 6.07) is 0.